The van der Waals surface area contributed by atoms with Gasteiger partial charge in [-0.2, -0.15) is 18.3 Å². The number of nitrogens with one attached hydrogen (secondary N) is 2. The van der Waals surface area contributed by atoms with Crippen molar-refractivity contribution >= 4 is 35.4 Å². The second kappa shape index (κ2) is 9.38. The lowest BCUT2D eigenvalue weighted by Gasteiger charge is -2.19. The fourth-order valence-corrected chi connectivity index (χ4v) is 3.29. The minimum atomic E-state index is -4.45. The van der Waals surface area contributed by atoms with E-state index in [2.05, 4.69) is 15.8 Å². The molecule has 1 heterocycles. The van der Waals surface area contributed by atoms with E-state index in [9.17, 15) is 22.8 Å². The number of hydrazone groups is 1. The van der Waals surface area contributed by atoms with E-state index in [-0.39, 0.29) is 10.6 Å². The van der Waals surface area contributed by atoms with Crippen LogP contribution in [0.4, 0.5) is 23.7 Å². The maximum absolute atomic E-state index is 12.8. The van der Waals surface area contributed by atoms with Gasteiger partial charge in [0.1, 0.15) is 16.8 Å². The Bertz CT molecular complexity index is 962. The summed E-state index contributed by atoms with van der Waals surface area (Å²) in [5.74, 6) is -0.590. The summed E-state index contributed by atoms with van der Waals surface area (Å²) < 4.78 is 43.7. The fraction of sp³-hybridized carbons (Fsp3) is 0.350. The summed E-state index contributed by atoms with van der Waals surface area (Å²) in [7, 11) is 3.44. The summed E-state index contributed by atoms with van der Waals surface area (Å²) in [6.45, 7) is 5.08. The molecule has 2 aromatic rings. The number of alkyl halides is 3. The first-order valence-electron chi connectivity index (χ1n) is 9.07. The normalized spacial score (nSPS) is 12.0. The first-order chi connectivity index (χ1) is 14.3. The van der Waals surface area contributed by atoms with Crippen molar-refractivity contribution in [1.29, 1.82) is 0 Å². The smallest absolute Gasteiger partial charge is 0.416 e. The highest BCUT2D eigenvalue weighted by atomic mass is 32.1. The monoisotopic (exact) mass is 456 g/mol. The summed E-state index contributed by atoms with van der Waals surface area (Å²) in [5.41, 5.74) is 1.43. The number of thiophene rings is 1. The first kappa shape index (κ1) is 24.2. The Kier molecular flexibility index (Phi) is 7.32. The lowest BCUT2D eigenvalue weighted by Crippen LogP contribution is -2.28. The fourth-order valence-electron chi connectivity index (χ4n) is 2.29. The van der Waals surface area contributed by atoms with Gasteiger partial charge in [0, 0.05) is 19.0 Å². The van der Waals surface area contributed by atoms with Gasteiger partial charge in [-0.15, -0.1) is 11.3 Å². The largest absolute Gasteiger partial charge is 0.444 e. The topological polar surface area (TPSA) is 83.0 Å². The van der Waals surface area contributed by atoms with Gasteiger partial charge < -0.3 is 9.64 Å². The van der Waals surface area contributed by atoms with Crippen molar-refractivity contribution in [2.24, 2.45) is 5.10 Å². The van der Waals surface area contributed by atoms with E-state index in [1.807, 2.05) is 0 Å². The van der Waals surface area contributed by atoms with E-state index in [0.29, 0.717) is 10.4 Å². The van der Waals surface area contributed by atoms with Crippen molar-refractivity contribution in [3.8, 4) is 10.4 Å². The molecule has 0 atom stereocenters. The number of anilines is 1. The van der Waals surface area contributed by atoms with Gasteiger partial charge in [0.2, 0.25) is 0 Å². The number of carbonyl (C=O) groups excluding carboxylic acids is 2. The molecule has 2 rings (SSSR count). The summed E-state index contributed by atoms with van der Waals surface area (Å²) >= 11 is 1.00. The molecule has 0 saturated carbocycles. The van der Waals surface area contributed by atoms with Gasteiger partial charge in [0.25, 0.3) is 5.91 Å². The molecule has 0 spiro atoms. The molecule has 0 unspecified atom stereocenters. The van der Waals surface area contributed by atoms with E-state index in [1.54, 1.807) is 39.8 Å². The van der Waals surface area contributed by atoms with Crippen molar-refractivity contribution in [3.05, 3.63) is 40.8 Å². The number of nitrogens with zero attached hydrogens (tertiary/aromatic N) is 2. The van der Waals surface area contributed by atoms with E-state index in [0.717, 1.165) is 23.5 Å². The van der Waals surface area contributed by atoms with Crippen LogP contribution < -0.4 is 10.7 Å². The Morgan fingerprint density at radius 1 is 1.13 bits per heavy atom. The minimum absolute atomic E-state index is 0.122. The lowest BCUT2D eigenvalue weighted by atomic mass is 10.1. The number of hydrogen-bond acceptors (Lipinski definition) is 5. The van der Waals surface area contributed by atoms with Crippen LogP contribution in [0.15, 0.2) is 35.4 Å². The Balaban J connectivity index is 2.36. The highest BCUT2D eigenvalue weighted by Gasteiger charge is 2.30. The molecule has 0 radical (unpaired) electrons. The highest BCUT2D eigenvalue weighted by molar-refractivity contribution is 7.18. The van der Waals surface area contributed by atoms with Gasteiger partial charge >= 0.3 is 12.3 Å². The van der Waals surface area contributed by atoms with Crippen LogP contribution in [0.3, 0.4) is 0 Å². The molecule has 2 N–H and O–H groups in total. The molecule has 1 aromatic carbocycles. The minimum Gasteiger partial charge on any atom is -0.444 e. The molecule has 7 nitrogen and oxygen atoms in total. The van der Waals surface area contributed by atoms with Crippen LogP contribution in [0.25, 0.3) is 10.4 Å². The zero-order chi connectivity index (χ0) is 23.4. The first-order valence-corrected chi connectivity index (χ1v) is 9.89. The number of hydrogen-bond donors (Lipinski definition) is 2. The molecule has 31 heavy (non-hydrogen) atoms. The average Bonchev–Trinajstić information content (AvgIpc) is 3.02. The van der Waals surface area contributed by atoms with Gasteiger partial charge in [0.15, 0.2) is 0 Å². The van der Waals surface area contributed by atoms with Crippen LogP contribution in [0.5, 0.6) is 0 Å². The molecule has 0 aliphatic carbocycles. The lowest BCUT2D eigenvalue weighted by molar-refractivity contribution is -0.137. The summed E-state index contributed by atoms with van der Waals surface area (Å²) in [5, 5.41) is 6.31. The Hall–Kier alpha value is -3.08. The predicted molar refractivity (Wildman–Crippen MR) is 114 cm³/mol. The summed E-state index contributed by atoms with van der Waals surface area (Å²) in [4.78, 5) is 27.0. The summed E-state index contributed by atoms with van der Waals surface area (Å²) in [6.07, 6.45) is -3.84. The van der Waals surface area contributed by atoms with E-state index in [4.69, 9.17) is 4.74 Å². The molecule has 0 aliphatic rings. The van der Waals surface area contributed by atoms with Crippen LogP contribution in [0.2, 0.25) is 0 Å². The number of halogens is 3. The van der Waals surface area contributed by atoms with Crippen molar-refractivity contribution < 1.29 is 27.5 Å². The second-order valence-corrected chi connectivity index (χ2v) is 8.76. The Morgan fingerprint density at radius 3 is 2.26 bits per heavy atom. The average molecular weight is 456 g/mol. The predicted octanol–water partition coefficient (Wildman–Crippen LogP) is 5.02. The van der Waals surface area contributed by atoms with Gasteiger partial charge in [-0.25, -0.2) is 10.2 Å². The number of benzene rings is 1. The van der Waals surface area contributed by atoms with Crippen LogP contribution >= 0.6 is 11.3 Å². The molecule has 168 valence electrons. The van der Waals surface area contributed by atoms with Gasteiger partial charge in [-0.1, -0.05) is 12.1 Å². The van der Waals surface area contributed by atoms with Crippen molar-refractivity contribution in [3.63, 3.8) is 0 Å². The molecule has 1 aromatic heterocycles. The SMILES string of the molecule is CN(C)C=NNC(=O)c1sc(-c2ccc(C(F)(F)F)cc2)cc1NC(=O)OC(C)(C)C. The maximum atomic E-state index is 12.8. The van der Waals surface area contributed by atoms with Crippen molar-refractivity contribution in [1.82, 2.24) is 10.3 Å². The molecule has 2 amide bonds. The molecule has 0 saturated heterocycles. The van der Waals surface area contributed by atoms with Gasteiger partial charge in [0.05, 0.1) is 11.3 Å². The number of ether oxygens (including phenoxy) is 1. The third-order valence-corrected chi connectivity index (χ3v) is 4.71. The van der Waals surface area contributed by atoms with Crippen LogP contribution in [-0.4, -0.2) is 42.9 Å². The van der Waals surface area contributed by atoms with E-state index >= 15 is 0 Å². The Labute approximate surface area is 181 Å². The molecule has 11 heteroatoms. The van der Waals surface area contributed by atoms with E-state index < -0.39 is 29.3 Å². The number of carbonyl (C=O) groups is 2. The standard InChI is InChI=1S/C20H23F3N4O3S/c1-19(2,3)30-18(29)25-14-10-15(12-6-8-13(9-7-12)20(21,22)23)31-16(14)17(28)26-24-11-27(4)5/h6-11H,1-5H3,(H,25,29)(H,26,28). The maximum Gasteiger partial charge on any atom is 0.416 e. The van der Waals surface area contributed by atoms with Crippen molar-refractivity contribution in [2.45, 2.75) is 32.5 Å². The molecule has 0 fully saturated rings. The molecular weight excluding hydrogens is 433 g/mol. The zero-order valence-electron chi connectivity index (χ0n) is 17.6. The Morgan fingerprint density at radius 2 is 1.74 bits per heavy atom. The van der Waals surface area contributed by atoms with Crippen LogP contribution in [0.1, 0.15) is 36.0 Å². The van der Waals surface area contributed by atoms with Crippen LogP contribution in [-0.2, 0) is 10.9 Å². The van der Waals surface area contributed by atoms with E-state index in [1.165, 1.54) is 24.5 Å². The summed E-state index contributed by atoms with van der Waals surface area (Å²) in [6, 6.07) is 6.02. The third-order valence-electron chi connectivity index (χ3n) is 3.53. The van der Waals surface area contributed by atoms with Crippen LogP contribution in [0, 0.1) is 0 Å². The molecule has 0 bridgehead atoms. The van der Waals surface area contributed by atoms with Gasteiger partial charge in [-0.3, -0.25) is 10.1 Å². The van der Waals surface area contributed by atoms with Gasteiger partial charge in [-0.05, 0) is 44.5 Å². The number of rotatable bonds is 5. The molecule has 0 aliphatic heterocycles. The third kappa shape index (κ3) is 7.28. The zero-order valence-corrected chi connectivity index (χ0v) is 18.4. The quantitative estimate of drug-likeness (QED) is 0.376. The second-order valence-electron chi connectivity index (χ2n) is 7.70. The number of amides is 2. The van der Waals surface area contributed by atoms with Crippen molar-refractivity contribution in [2.75, 3.05) is 19.4 Å². The highest BCUT2D eigenvalue weighted by Crippen LogP contribution is 2.37. The molecular formula is C20H23F3N4O3S.